The van der Waals surface area contributed by atoms with Crippen molar-refractivity contribution in [3.05, 3.63) is 102 Å². The normalized spacial score (nSPS) is 14.9. The van der Waals surface area contributed by atoms with Crippen molar-refractivity contribution in [2.24, 2.45) is 0 Å². The molecule has 0 aliphatic carbocycles. The van der Waals surface area contributed by atoms with Gasteiger partial charge in [-0.05, 0) is 30.2 Å². The third-order valence-corrected chi connectivity index (χ3v) is 5.51. The van der Waals surface area contributed by atoms with Crippen LogP contribution >= 0.6 is 0 Å². The zero-order valence-corrected chi connectivity index (χ0v) is 17.2. The summed E-state index contributed by atoms with van der Waals surface area (Å²) in [4.78, 5) is 17.7. The summed E-state index contributed by atoms with van der Waals surface area (Å²) in [7, 11) is 0. The maximum absolute atomic E-state index is 13.3. The van der Waals surface area contributed by atoms with Crippen LogP contribution < -0.4 is 4.74 Å². The summed E-state index contributed by atoms with van der Waals surface area (Å²) in [6, 6.07) is 28.0. The van der Waals surface area contributed by atoms with Crippen molar-refractivity contribution in [1.82, 2.24) is 9.80 Å². The van der Waals surface area contributed by atoms with Gasteiger partial charge in [-0.15, -0.1) is 0 Å². The van der Waals surface area contributed by atoms with E-state index in [0.717, 1.165) is 56.0 Å². The number of hydrogen-bond donors (Lipinski definition) is 0. The topological polar surface area (TPSA) is 32.8 Å². The Balaban J connectivity index is 1.39. The number of amides is 1. The fourth-order valence-corrected chi connectivity index (χ4v) is 3.88. The van der Waals surface area contributed by atoms with Crippen LogP contribution in [0, 0.1) is 0 Å². The van der Waals surface area contributed by atoms with Gasteiger partial charge in [0.25, 0.3) is 5.91 Å². The molecule has 1 aliphatic rings. The average Bonchev–Trinajstić information content (AvgIpc) is 3.04. The molecule has 0 bridgehead atoms. The van der Waals surface area contributed by atoms with E-state index in [-0.39, 0.29) is 5.91 Å². The van der Waals surface area contributed by atoms with Gasteiger partial charge in [-0.1, -0.05) is 66.7 Å². The molecule has 0 unspecified atom stereocenters. The first kappa shape index (κ1) is 20.2. The van der Waals surface area contributed by atoms with Crippen LogP contribution in [-0.4, -0.2) is 41.9 Å². The van der Waals surface area contributed by atoms with Gasteiger partial charge in [-0.2, -0.15) is 0 Å². The third-order valence-electron chi connectivity index (χ3n) is 5.51. The SMILES string of the molecule is O=C(c1ccccc1COc1ccccc1)N1CCCN(Cc2ccccc2)CC1. The molecule has 1 amide bonds. The summed E-state index contributed by atoms with van der Waals surface area (Å²) in [5.41, 5.74) is 2.99. The second kappa shape index (κ2) is 10.1. The number of ether oxygens (including phenoxy) is 1. The molecule has 1 heterocycles. The molecule has 0 spiro atoms. The molecule has 3 aromatic rings. The van der Waals surface area contributed by atoms with Crippen LogP contribution in [0.25, 0.3) is 0 Å². The van der Waals surface area contributed by atoms with Crippen LogP contribution in [0.3, 0.4) is 0 Å². The van der Waals surface area contributed by atoms with Gasteiger partial charge in [0.1, 0.15) is 12.4 Å². The quantitative estimate of drug-likeness (QED) is 0.606. The van der Waals surface area contributed by atoms with Crippen molar-refractivity contribution in [2.75, 3.05) is 26.2 Å². The van der Waals surface area contributed by atoms with E-state index < -0.39 is 0 Å². The van der Waals surface area contributed by atoms with E-state index in [0.29, 0.717) is 6.61 Å². The highest BCUT2D eigenvalue weighted by atomic mass is 16.5. The van der Waals surface area contributed by atoms with E-state index in [4.69, 9.17) is 4.74 Å². The smallest absolute Gasteiger partial charge is 0.254 e. The van der Waals surface area contributed by atoms with Gasteiger partial charge >= 0.3 is 0 Å². The molecule has 0 atom stereocenters. The summed E-state index contributed by atoms with van der Waals surface area (Å²) in [5, 5.41) is 0. The molecule has 0 N–H and O–H groups in total. The summed E-state index contributed by atoms with van der Waals surface area (Å²) >= 11 is 0. The Morgan fingerprint density at radius 2 is 1.47 bits per heavy atom. The maximum atomic E-state index is 13.3. The Morgan fingerprint density at radius 1 is 0.767 bits per heavy atom. The van der Waals surface area contributed by atoms with Crippen molar-refractivity contribution >= 4 is 5.91 Å². The van der Waals surface area contributed by atoms with E-state index in [1.165, 1.54) is 5.56 Å². The predicted molar refractivity (Wildman–Crippen MR) is 119 cm³/mol. The number of hydrogen-bond acceptors (Lipinski definition) is 3. The van der Waals surface area contributed by atoms with Gasteiger partial charge in [0.15, 0.2) is 0 Å². The van der Waals surface area contributed by atoms with Crippen LogP contribution in [0.1, 0.15) is 27.9 Å². The highest BCUT2D eigenvalue weighted by Crippen LogP contribution is 2.18. The predicted octanol–water partition coefficient (Wildman–Crippen LogP) is 4.61. The number of rotatable bonds is 6. The minimum Gasteiger partial charge on any atom is -0.489 e. The van der Waals surface area contributed by atoms with Crippen LogP contribution in [-0.2, 0) is 13.2 Å². The van der Waals surface area contributed by atoms with Gasteiger partial charge in [-0.3, -0.25) is 9.69 Å². The molecule has 4 rings (SSSR count). The second-order valence-corrected chi connectivity index (χ2v) is 7.67. The van der Waals surface area contributed by atoms with E-state index in [2.05, 4.69) is 29.2 Å². The molecule has 1 fully saturated rings. The number of para-hydroxylation sites is 1. The molecular weight excluding hydrogens is 372 g/mol. The zero-order valence-electron chi connectivity index (χ0n) is 17.2. The minimum absolute atomic E-state index is 0.101. The van der Waals surface area contributed by atoms with Gasteiger partial charge in [0.2, 0.25) is 0 Å². The van der Waals surface area contributed by atoms with Gasteiger partial charge in [-0.25, -0.2) is 0 Å². The average molecular weight is 401 g/mol. The Hall–Kier alpha value is -3.11. The van der Waals surface area contributed by atoms with E-state index >= 15 is 0 Å². The van der Waals surface area contributed by atoms with E-state index in [1.54, 1.807) is 0 Å². The molecule has 3 aromatic carbocycles. The molecule has 4 heteroatoms. The number of carbonyl (C=O) groups is 1. The van der Waals surface area contributed by atoms with Gasteiger partial charge < -0.3 is 9.64 Å². The summed E-state index contributed by atoms with van der Waals surface area (Å²) in [6.45, 7) is 4.77. The molecule has 4 nitrogen and oxygen atoms in total. The summed E-state index contributed by atoms with van der Waals surface area (Å²) in [6.07, 6.45) is 0.987. The van der Waals surface area contributed by atoms with Crippen molar-refractivity contribution in [2.45, 2.75) is 19.6 Å². The van der Waals surface area contributed by atoms with Crippen LogP contribution in [0.2, 0.25) is 0 Å². The van der Waals surface area contributed by atoms with Crippen molar-refractivity contribution < 1.29 is 9.53 Å². The Labute approximate surface area is 178 Å². The van der Waals surface area contributed by atoms with E-state index in [9.17, 15) is 4.79 Å². The Kier molecular flexibility index (Phi) is 6.78. The molecular formula is C26H28N2O2. The third kappa shape index (κ3) is 5.28. The van der Waals surface area contributed by atoms with Crippen LogP contribution in [0.15, 0.2) is 84.9 Å². The van der Waals surface area contributed by atoms with Gasteiger partial charge in [0.05, 0.1) is 0 Å². The van der Waals surface area contributed by atoms with Crippen molar-refractivity contribution in [3.63, 3.8) is 0 Å². The molecule has 1 saturated heterocycles. The second-order valence-electron chi connectivity index (χ2n) is 7.67. The van der Waals surface area contributed by atoms with Gasteiger partial charge in [0, 0.05) is 43.9 Å². The lowest BCUT2D eigenvalue weighted by Crippen LogP contribution is -2.35. The Bertz CT molecular complexity index is 944. The minimum atomic E-state index is 0.101. The standard InChI is InChI=1S/C26H28N2O2/c29-26(25-15-8-7-12-23(25)21-30-24-13-5-2-6-14-24)28-17-9-16-27(18-19-28)20-22-10-3-1-4-11-22/h1-8,10-15H,9,16-21H2. The number of benzene rings is 3. The zero-order chi connectivity index (χ0) is 20.6. The molecule has 0 aromatic heterocycles. The first-order valence-electron chi connectivity index (χ1n) is 10.6. The molecule has 30 heavy (non-hydrogen) atoms. The molecule has 1 aliphatic heterocycles. The summed E-state index contributed by atoms with van der Waals surface area (Å²) in [5.74, 6) is 0.912. The fraction of sp³-hybridized carbons (Fsp3) is 0.269. The van der Waals surface area contributed by atoms with Crippen LogP contribution in [0.5, 0.6) is 5.75 Å². The molecule has 154 valence electrons. The lowest BCUT2D eigenvalue weighted by atomic mass is 10.1. The van der Waals surface area contributed by atoms with Crippen LogP contribution in [0.4, 0.5) is 0 Å². The molecule has 0 saturated carbocycles. The molecule has 0 radical (unpaired) electrons. The number of nitrogens with zero attached hydrogens (tertiary/aromatic N) is 2. The lowest BCUT2D eigenvalue weighted by Gasteiger charge is -2.23. The Morgan fingerprint density at radius 3 is 2.27 bits per heavy atom. The highest BCUT2D eigenvalue weighted by molar-refractivity contribution is 5.95. The number of carbonyl (C=O) groups excluding carboxylic acids is 1. The summed E-state index contributed by atoms with van der Waals surface area (Å²) < 4.78 is 5.90. The van der Waals surface area contributed by atoms with Crippen molar-refractivity contribution in [1.29, 1.82) is 0 Å². The van der Waals surface area contributed by atoms with Crippen molar-refractivity contribution in [3.8, 4) is 5.75 Å². The first-order chi connectivity index (χ1) is 14.8. The lowest BCUT2D eigenvalue weighted by molar-refractivity contribution is 0.0758. The fourth-order valence-electron chi connectivity index (χ4n) is 3.88. The first-order valence-corrected chi connectivity index (χ1v) is 10.6. The van der Waals surface area contributed by atoms with E-state index in [1.807, 2.05) is 65.6 Å². The largest absolute Gasteiger partial charge is 0.489 e. The maximum Gasteiger partial charge on any atom is 0.254 e. The monoisotopic (exact) mass is 400 g/mol. The highest BCUT2D eigenvalue weighted by Gasteiger charge is 2.22.